The molecule has 0 fully saturated rings. The second-order valence-electron chi connectivity index (χ2n) is 4.60. The third-order valence-corrected chi connectivity index (χ3v) is 2.89. The first-order valence-electron chi connectivity index (χ1n) is 6.97. The molecule has 0 saturated heterocycles. The Morgan fingerprint density at radius 2 is 2.16 bits per heavy atom. The Morgan fingerprint density at radius 1 is 1.32 bits per heavy atom. The van der Waals surface area contributed by atoms with Gasteiger partial charge in [0.25, 0.3) is 0 Å². The Morgan fingerprint density at radius 3 is 2.89 bits per heavy atom. The lowest BCUT2D eigenvalue weighted by Crippen LogP contribution is -2.32. The highest BCUT2D eigenvalue weighted by atomic mass is 16.5. The topological polar surface area (TPSA) is 61.7 Å². The summed E-state index contributed by atoms with van der Waals surface area (Å²) in [6, 6.07) is 7.93. The van der Waals surface area contributed by atoms with Gasteiger partial charge in [0, 0.05) is 13.2 Å². The number of aliphatic hydroxyl groups excluding tert-OH is 2. The Hall–Kier alpha value is -1.10. The lowest BCUT2D eigenvalue weighted by atomic mass is 10.2. The van der Waals surface area contributed by atoms with Crippen molar-refractivity contribution in [3.63, 3.8) is 0 Å². The minimum atomic E-state index is -0.514. The molecule has 0 heterocycles. The summed E-state index contributed by atoms with van der Waals surface area (Å²) in [5.41, 5.74) is 1.23. The van der Waals surface area contributed by atoms with Gasteiger partial charge >= 0.3 is 0 Å². The van der Waals surface area contributed by atoms with Gasteiger partial charge in [-0.25, -0.2) is 0 Å². The summed E-state index contributed by atoms with van der Waals surface area (Å²) in [5, 5.41) is 21.5. The summed E-state index contributed by atoms with van der Waals surface area (Å²) in [6.07, 6.45) is 2.18. The summed E-state index contributed by atoms with van der Waals surface area (Å²) in [5.74, 6) is 0.804. The van der Waals surface area contributed by atoms with Gasteiger partial charge in [-0.15, -0.1) is 0 Å². The van der Waals surface area contributed by atoms with Crippen LogP contribution in [-0.4, -0.2) is 42.6 Å². The van der Waals surface area contributed by atoms with Gasteiger partial charge in [0.1, 0.15) is 18.5 Å². The van der Waals surface area contributed by atoms with Crippen LogP contribution in [0.5, 0.6) is 5.75 Å². The molecule has 0 aliphatic carbocycles. The molecular weight excluding hydrogens is 242 g/mol. The maximum Gasteiger partial charge on any atom is 0.119 e. The number of ether oxygens (including phenoxy) is 1. The molecule has 0 aliphatic rings. The SMILES string of the molecule is CCc1cccc(OCC(O)CNCCCCO)c1. The van der Waals surface area contributed by atoms with E-state index in [1.807, 2.05) is 18.2 Å². The van der Waals surface area contributed by atoms with Gasteiger partial charge in [-0.1, -0.05) is 19.1 Å². The average Bonchev–Trinajstić information content (AvgIpc) is 2.45. The first-order valence-corrected chi connectivity index (χ1v) is 6.97. The van der Waals surface area contributed by atoms with Gasteiger partial charge in [0.15, 0.2) is 0 Å². The first kappa shape index (κ1) is 16.0. The monoisotopic (exact) mass is 267 g/mol. The molecule has 1 aromatic rings. The second-order valence-corrected chi connectivity index (χ2v) is 4.60. The van der Waals surface area contributed by atoms with Gasteiger partial charge in [-0.05, 0) is 43.5 Å². The van der Waals surface area contributed by atoms with Crippen LogP contribution >= 0.6 is 0 Å². The summed E-state index contributed by atoms with van der Waals surface area (Å²) in [7, 11) is 0. The number of aliphatic hydroxyl groups is 2. The maximum atomic E-state index is 9.76. The van der Waals surface area contributed by atoms with Crippen LogP contribution in [0.3, 0.4) is 0 Å². The zero-order valence-electron chi connectivity index (χ0n) is 11.6. The molecule has 3 N–H and O–H groups in total. The van der Waals surface area contributed by atoms with Gasteiger partial charge in [-0.2, -0.15) is 0 Å². The Balaban J connectivity index is 2.16. The van der Waals surface area contributed by atoms with Crippen molar-refractivity contribution in [1.82, 2.24) is 5.32 Å². The first-order chi connectivity index (χ1) is 9.26. The van der Waals surface area contributed by atoms with Crippen molar-refractivity contribution in [2.45, 2.75) is 32.3 Å². The molecule has 0 aliphatic heterocycles. The molecule has 1 unspecified atom stereocenters. The van der Waals surface area contributed by atoms with Crippen molar-refractivity contribution >= 4 is 0 Å². The highest BCUT2D eigenvalue weighted by Gasteiger charge is 2.04. The van der Waals surface area contributed by atoms with E-state index in [0.29, 0.717) is 13.2 Å². The number of hydrogen-bond donors (Lipinski definition) is 3. The Bertz CT molecular complexity index is 344. The van der Waals surface area contributed by atoms with Crippen molar-refractivity contribution in [1.29, 1.82) is 0 Å². The molecular formula is C15H25NO3. The zero-order valence-corrected chi connectivity index (χ0v) is 11.6. The quantitative estimate of drug-likeness (QED) is 0.560. The molecule has 19 heavy (non-hydrogen) atoms. The van der Waals surface area contributed by atoms with Crippen LogP contribution in [0, 0.1) is 0 Å². The van der Waals surface area contributed by atoms with Gasteiger partial charge < -0.3 is 20.3 Å². The summed E-state index contributed by atoms with van der Waals surface area (Å²) in [6.45, 7) is 3.94. The summed E-state index contributed by atoms with van der Waals surface area (Å²) >= 11 is 0. The fourth-order valence-electron chi connectivity index (χ4n) is 1.74. The van der Waals surface area contributed by atoms with Crippen LogP contribution in [0.15, 0.2) is 24.3 Å². The molecule has 0 aromatic heterocycles. The lowest BCUT2D eigenvalue weighted by Gasteiger charge is -2.13. The van der Waals surface area contributed by atoms with E-state index in [4.69, 9.17) is 9.84 Å². The predicted octanol–water partition coefficient (Wildman–Crippen LogP) is 1.35. The molecule has 0 amide bonds. The van der Waals surface area contributed by atoms with Crippen LogP contribution in [0.1, 0.15) is 25.3 Å². The standard InChI is InChI=1S/C15H25NO3/c1-2-13-6-5-7-15(10-13)19-12-14(18)11-16-8-3-4-9-17/h5-7,10,14,16-18H,2-4,8-9,11-12H2,1H3. The van der Waals surface area contributed by atoms with Gasteiger partial charge in [0.05, 0.1) is 0 Å². The van der Waals surface area contributed by atoms with E-state index >= 15 is 0 Å². The van der Waals surface area contributed by atoms with E-state index < -0.39 is 6.10 Å². The van der Waals surface area contributed by atoms with Gasteiger partial charge in [-0.3, -0.25) is 0 Å². The molecule has 1 atom stereocenters. The van der Waals surface area contributed by atoms with Crippen LogP contribution in [0.25, 0.3) is 0 Å². The molecule has 108 valence electrons. The zero-order chi connectivity index (χ0) is 13.9. The molecule has 0 radical (unpaired) electrons. The Labute approximate surface area is 115 Å². The fourth-order valence-corrected chi connectivity index (χ4v) is 1.74. The van der Waals surface area contributed by atoms with E-state index in [1.165, 1.54) is 5.56 Å². The third kappa shape index (κ3) is 7.15. The number of benzene rings is 1. The number of hydrogen-bond acceptors (Lipinski definition) is 4. The largest absolute Gasteiger partial charge is 0.491 e. The van der Waals surface area contributed by atoms with E-state index in [-0.39, 0.29) is 6.61 Å². The minimum Gasteiger partial charge on any atom is -0.491 e. The highest BCUT2D eigenvalue weighted by molar-refractivity contribution is 5.28. The number of unbranched alkanes of at least 4 members (excludes halogenated alkanes) is 1. The van der Waals surface area contributed by atoms with Gasteiger partial charge in [0.2, 0.25) is 0 Å². The third-order valence-electron chi connectivity index (χ3n) is 2.89. The van der Waals surface area contributed by atoms with Crippen LogP contribution in [0.2, 0.25) is 0 Å². The molecule has 4 heteroatoms. The average molecular weight is 267 g/mol. The van der Waals surface area contributed by atoms with E-state index in [9.17, 15) is 5.11 Å². The smallest absolute Gasteiger partial charge is 0.119 e. The van der Waals surface area contributed by atoms with E-state index in [1.54, 1.807) is 0 Å². The summed E-state index contributed by atoms with van der Waals surface area (Å²) in [4.78, 5) is 0. The summed E-state index contributed by atoms with van der Waals surface area (Å²) < 4.78 is 5.56. The number of aryl methyl sites for hydroxylation is 1. The van der Waals surface area contributed by atoms with Crippen molar-refractivity contribution in [3.05, 3.63) is 29.8 Å². The van der Waals surface area contributed by atoms with Crippen molar-refractivity contribution in [3.8, 4) is 5.75 Å². The molecule has 0 bridgehead atoms. The molecule has 1 aromatic carbocycles. The Kier molecular flexibility index (Phi) is 8.21. The van der Waals surface area contributed by atoms with Crippen molar-refractivity contribution < 1.29 is 14.9 Å². The predicted molar refractivity (Wildman–Crippen MR) is 76.5 cm³/mol. The normalized spacial score (nSPS) is 12.4. The highest BCUT2D eigenvalue weighted by Crippen LogP contribution is 2.13. The fraction of sp³-hybridized carbons (Fsp3) is 0.600. The molecule has 0 saturated carbocycles. The van der Waals surface area contributed by atoms with Crippen LogP contribution in [0.4, 0.5) is 0 Å². The van der Waals surface area contributed by atoms with Crippen LogP contribution in [-0.2, 0) is 6.42 Å². The maximum absolute atomic E-state index is 9.76. The molecule has 4 nitrogen and oxygen atoms in total. The molecule has 1 rings (SSSR count). The number of nitrogens with one attached hydrogen (secondary N) is 1. The minimum absolute atomic E-state index is 0.223. The van der Waals surface area contributed by atoms with Crippen molar-refractivity contribution in [2.24, 2.45) is 0 Å². The van der Waals surface area contributed by atoms with E-state index in [2.05, 4.69) is 18.3 Å². The van der Waals surface area contributed by atoms with Crippen molar-refractivity contribution in [2.75, 3.05) is 26.3 Å². The number of rotatable bonds is 10. The van der Waals surface area contributed by atoms with Crippen LogP contribution < -0.4 is 10.1 Å². The second kappa shape index (κ2) is 9.78. The molecule has 0 spiro atoms. The van der Waals surface area contributed by atoms with E-state index in [0.717, 1.165) is 31.6 Å². The lowest BCUT2D eigenvalue weighted by molar-refractivity contribution is 0.106.